The quantitative estimate of drug-likeness (QED) is 0.429. The largest absolute Gasteiger partial charge is 0.305 e. The molecule has 0 amide bonds. The first-order valence-corrected chi connectivity index (χ1v) is 3.51. The number of aromatic nitrogens is 2. The molecule has 4 N–H and O–H groups in total. The van der Waals surface area contributed by atoms with Crippen molar-refractivity contribution in [3.63, 3.8) is 0 Å². The van der Waals surface area contributed by atoms with Crippen LogP contribution in [0.2, 0.25) is 0 Å². The van der Waals surface area contributed by atoms with Crippen molar-refractivity contribution in [2.45, 2.75) is 6.17 Å². The molecule has 14 heavy (non-hydrogen) atoms. The molecular formula is C4H6N8O2. The number of hydroxylamine groups is 1. The van der Waals surface area contributed by atoms with E-state index in [-0.39, 0.29) is 11.7 Å². The van der Waals surface area contributed by atoms with Gasteiger partial charge in [0.2, 0.25) is 11.7 Å². The molecule has 74 valence electrons. The number of hydrazine groups is 1. The van der Waals surface area contributed by atoms with Crippen LogP contribution in [0.1, 0.15) is 0 Å². The minimum Gasteiger partial charge on any atom is -0.305 e. The summed E-state index contributed by atoms with van der Waals surface area (Å²) >= 11 is 0. The van der Waals surface area contributed by atoms with E-state index in [1.165, 1.54) is 6.20 Å². The third-order valence-corrected chi connectivity index (χ3v) is 1.37. The number of nitrogens with two attached hydrogens (primary N) is 2. The van der Waals surface area contributed by atoms with Crippen molar-refractivity contribution < 1.29 is 9.57 Å². The molecule has 1 atom stereocenters. The maximum atomic E-state index is 5.49. The average Bonchev–Trinajstić information content (AvgIpc) is 2.77. The number of azo groups is 1. The van der Waals surface area contributed by atoms with Gasteiger partial charge in [0, 0.05) is 0 Å². The Morgan fingerprint density at radius 1 is 1.50 bits per heavy atom. The SMILES string of the molecule is NC1C(N=Nc2cnon2)=NON1N. The zero-order valence-corrected chi connectivity index (χ0v) is 6.81. The summed E-state index contributed by atoms with van der Waals surface area (Å²) < 4.78 is 4.29. The molecule has 2 heterocycles. The Morgan fingerprint density at radius 2 is 2.36 bits per heavy atom. The molecule has 1 unspecified atom stereocenters. The summed E-state index contributed by atoms with van der Waals surface area (Å²) in [7, 11) is 0. The van der Waals surface area contributed by atoms with Gasteiger partial charge in [-0.2, -0.15) is 0 Å². The van der Waals surface area contributed by atoms with Crippen LogP contribution < -0.4 is 11.6 Å². The van der Waals surface area contributed by atoms with Crippen LogP contribution in [-0.4, -0.2) is 27.5 Å². The van der Waals surface area contributed by atoms with Crippen molar-refractivity contribution >= 4 is 11.7 Å². The summed E-state index contributed by atoms with van der Waals surface area (Å²) in [6, 6.07) is 0. The van der Waals surface area contributed by atoms with Crippen LogP contribution in [0.3, 0.4) is 0 Å². The minimum absolute atomic E-state index is 0.135. The highest BCUT2D eigenvalue weighted by atomic mass is 16.8. The normalized spacial score (nSPS) is 22.7. The van der Waals surface area contributed by atoms with Gasteiger partial charge in [0.15, 0.2) is 6.17 Å². The Hall–Kier alpha value is -1.91. The van der Waals surface area contributed by atoms with Crippen LogP contribution in [-0.2, 0) is 4.94 Å². The lowest BCUT2D eigenvalue weighted by atomic mass is 10.5. The molecule has 10 nitrogen and oxygen atoms in total. The molecule has 0 aliphatic carbocycles. The Bertz CT molecular complexity index is 357. The minimum atomic E-state index is -0.751. The second-order valence-corrected chi connectivity index (χ2v) is 2.30. The number of nitrogens with zero attached hydrogens (tertiary/aromatic N) is 6. The second kappa shape index (κ2) is 3.45. The highest BCUT2D eigenvalue weighted by Gasteiger charge is 2.26. The van der Waals surface area contributed by atoms with Gasteiger partial charge < -0.3 is 5.73 Å². The van der Waals surface area contributed by atoms with Crippen molar-refractivity contribution in [2.24, 2.45) is 27.0 Å². The first-order valence-electron chi connectivity index (χ1n) is 3.51. The first-order chi connectivity index (χ1) is 6.77. The van der Waals surface area contributed by atoms with Gasteiger partial charge in [-0.25, -0.2) is 10.5 Å². The van der Waals surface area contributed by atoms with Crippen LogP contribution in [0.15, 0.2) is 26.2 Å². The fourth-order valence-corrected chi connectivity index (χ4v) is 0.691. The van der Waals surface area contributed by atoms with E-state index >= 15 is 0 Å². The van der Waals surface area contributed by atoms with Crippen molar-refractivity contribution in [3.05, 3.63) is 6.20 Å². The molecule has 0 saturated carbocycles. The summed E-state index contributed by atoms with van der Waals surface area (Å²) in [5.74, 6) is 5.58. The molecule has 0 spiro atoms. The highest BCUT2D eigenvalue weighted by molar-refractivity contribution is 5.87. The number of oxime groups is 1. The van der Waals surface area contributed by atoms with Crippen molar-refractivity contribution in [1.82, 2.24) is 15.5 Å². The molecule has 10 heteroatoms. The summed E-state index contributed by atoms with van der Waals surface area (Å²) in [5, 5.41) is 18.3. The predicted molar refractivity (Wildman–Crippen MR) is 41.3 cm³/mol. The topological polar surface area (TPSA) is 141 Å². The standard InChI is InChI=1S/C4H6N8O2/c5-3-4(11-14-12(3)6)9-8-2-1-7-13-10-2/h1,3H,5-6H2. The molecule has 1 aromatic rings. The summed E-state index contributed by atoms with van der Waals surface area (Å²) in [6.07, 6.45) is 0.532. The van der Waals surface area contributed by atoms with Crippen LogP contribution >= 0.6 is 0 Å². The number of amidine groups is 1. The monoisotopic (exact) mass is 198 g/mol. The van der Waals surface area contributed by atoms with E-state index in [9.17, 15) is 0 Å². The molecule has 1 aliphatic heterocycles. The van der Waals surface area contributed by atoms with Crippen LogP contribution in [0.25, 0.3) is 0 Å². The molecule has 0 aromatic carbocycles. The van der Waals surface area contributed by atoms with Gasteiger partial charge in [-0.05, 0) is 15.5 Å². The van der Waals surface area contributed by atoms with Gasteiger partial charge in [-0.1, -0.05) is 5.16 Å². The average molecular weight is 198 g/mol. The van der Waals surface area contributed by atoms with Gasteiger partial charge in [-0.3, -0.25) is 4.94 Å². The Balaban J connectivity index is 2.05. The van der Waals surface area contributed by atoms with Crippen molar-refractivity contribution in [1.29, 1.82) is 0 Å². The van der Waals surface area contributed by atoms with Crippen LogP contribution in [0.4, 0.5) is 5.82 Å². The fraction of sp³-hybridized carbons (Fsp3) is 0.250. The lowest BCUT2D eigenvalue weighted by Crippen LogP contribution is -2.45. The molecule has 0 bridgehead atoms. The molecule has 1 aromatic heterocycles. The van der Waals surface area contributed by atoms with E-state index in [0.717, 1.165) is 5.17 Å². The van der Waals surface area contributed by atoms with E-state index in [1.807, 2.05) is 0 Å². The van der Waals surface area contributed by atoms with E-state index in [4.69, 9.17) is 11.6 Å². The molecular weight excluding hydrogens is 192 g/mol. The molecule has 0 fully saturated rings. The van der Waals surface area contributed by atoms with E-state index < -0.39 is 6.17 Å². The van der Waals surface area contributed by atoms with E-state index in [2.05, 4.69) is 35.3 Å². The van der Waals surface area contributed by atoms with Crippen LogP contribution in [0.5, 0.6) is 0 Å². The van der Waals surface area contributed by atoms with Gasteiger partial charge in [-0.15, -0.1) is 10.2 Å². The van der Waals surface area contributed by atoms with E-state index in [0.29, 0.717) is 0 Å². The number of rotatable bonds is 1. The zero-order chi connectivity index (χ0) is 9.97. The van der Waals surface area contributed by atoms with Gasteiger partial charge in [0.05, 0.1) is 0 Å². The predicted octanol–water partition coefficient (Wildman–Crippen LogP) is -1.13. The highest BCUT2D eigenvalue weighted by Crippen LogP contribution is 2.08. The molecule has 0 radical (unpaired) electrons. The third kappa shape index (κ3) is 1.56. The van der Waals surface area contributed by atoms with Gasteiger partial charge >= 0.3 is 0 Å². The summed E-state index contributed by atoms with van der Waals surface area (Å²) in [5.41, 5.74) is 5.49. The Morgan fingerprint density at radius 3 is 2.93 bits per heavy atom. The molecule has 1 aliphatic rings. The van der Waals surface area contributed by atoms with Crippen molar-refractivity contribution in [2.75, 3.05) is 0 Å². The lowest BCUT2D eigenvalue weighted by Gasteiger charge is -2.07. The summed E-state index contributed by atoms with van der Waals surface area (Å²) in [6.45, 7) is 0. The second-order valence-electron chi connectivity index (χ2n) is 2.30. The third-order valence-electron chi connectivity index (χ3n) is 1.37. The number of hydrogen-bond acceptors (Lipinski definition) is 10. The van der Waals surface area contributed by atoms with Crippen LogP contribution in [0, 0.1) is 0 Å². The maximum Gasteiger partial charge on any atom is 0.237 e. The first kappa shape index (κ1) is 8.68. The fourth-order valence-electron chi connectivity index (χ4n) is 0.691. The number of hydrogen-bond donors (Lipinski definition) is 2. The van der Waals surface area contributed by atoms with Crippen molar-refractivity contribution in [3.8, 4) is 0 Å². The zero-order valence-electron chi connectivity index (χ0n) is 6.81. The summed E-state index contributed by atoms with van der Waals surface area (Å²) in [4.78, 5) is 4.51. The lowest BCUT2D eigenvalue weighted by molar-refractivity contribution is -0.154. The molecule has 0 saturated heterocycles. The smallest absolute Gasteiger partial charge is 0.237 e. The molecule has 2 rings (SSSR count). The Labute approximate surface area is 77.1 Å². The van der Waals surface area contributed by atoms with Gasteiger partial charge in [0.1, 0.15) is 6.20 Å². The van der Waals surface area contributed by atoms with E-state index in [1.54, 1.807) is 0 Å². The maximum absolute atomic E-state index is 5.49. The van der Waals surface area contributed by atoms with Gasteiger partial charge in [0.25, 0.3) is 0 Å². The Kier molecular flexibility index (Phi) is 2.14.